The molecule has 7 heteroatoms. The van der Waals surface area contributed by atoms with Crippen LogP contribution in [0.2, 0.25) is 0 Å². The van der Waals surface area contributed by atoms with Crippen LogP contribution in [0.4, 0.5) is 18.9 Å². The SMILES string of the molecule is Nc1cc(C(F)(F)F)ccc1C(=O)OCc1cccs1. The van der Waals surface area contributed by atoms with Gasteiger partial charge in [-0.1, -0.05) is 6.07 Å². The van der Waals surface area contributed by atoms with Crippen LogP contribution in [-0.4, -0.2) is 5.97 Å². The van der Waals surface area contributed by atoms with Crippen molar-refractivity contribution in [2.45, 2.75) is 12.8 Å². The van der Waals surface area contributed by atoms with Crippen molar-refractivity contribution in [2.75, 3.05) is 5.73 Å². The largest absolute Gasteiger partial charge is 0.456 e. The maximum Gasteiger partial charge on any atom is 0.416 e. The lowest BCUT2D eigenvalue weighted by Gasteiger charge is -2.10. The van der Waals surface area contributed by atoms with Gasteiger partial charge in [0.1, 0.15) is 6.61 Å². The summed E-state index contributed by atoms with van der Waals surface area (Å²) in [5.41, 5.74) is 4.24. The van der Waals surface area contributed by atoms with E-state index in [1.165, 1.54) is 11.3 Å². The highest BCUT2D eigenvalue weighted by Crippen LogP contribution is 2.31. The first-order chi connectivity index (χ1) is 9.38. The van der Waals surface area contributed by atoms with E-state index in [4.69, 9.17) is 10.5 Å². The lowest BCUT2D eigenvalue weighted by atomic mass is 10.1. The number of benzene rings is 1. The molecule has 0 saturated heterocycles. The van der Waals surface area contributed by atoms with E-state index in [1.807, 2.05) is 5.38 Å². The number of anilines is 1. The van der Waals surface area contributed by atoms with Crippen LogP contribution in [0.3, 0.4) is 0 Å². The van der Waals surface area contributed by atoms with Gasteiger partial charge in [-0.25, -0.2) is 4.79 Å². The Balaban J connectivity index is 2.10. The molecule has 0 unspecified atom stereocenters. The number of nitrogen functional groups attached to an aromatic ring is 1. The third-order valence-corrected chi connectivity index (χ3v) is 3.37. The molecule has 20 heavy (non-hydrogen) atoms. The second kappa shape index (κ2) is 5.54. The van der Waals surface area contributed by atoms with E-state index in [1.54, 1.807) is 12.1 Å². The highest BCUT2D eigenvalue weighted by atomic mass is 32.1. The molecule has 0 spiro atoms. The molecule has 0 atom stereocenters. The Morgan fingerprint density at radius 1 is 1.30 bits per heavy atom. The van der Waals surface area contributed by atoms with E-state index in [0.29, 0.717) is 0 Å². The third-order valence-electron chi connectivity index (χ3n) is 2.52. The first-order valence-corrected chi connectivity index (χ1v) is 6.42. The second-order valence-electron chi connectivity index (χ2n) is 3.96. The standard InChI is InChI=1S/C13H10F3NO2S/c14-13(15,16)8-3-4-10(11(17)6-8)12(18)19-7-9-2-1-5-20-9/h1-6H,7,17H2. The van der Waals surface area contributed by atoms with Crippen molar-refractivity contribution >= 4 is 23.0 Å². The molecule has 0 amide bonds. The Morgan fingerprint density at radius 2 is 2.05 bits per heavy atom. The molecule has 0 radical (unpaired) electrons. The lowest BCUT2D eigenvalue weighted by molar-refractivity contribution is -0.137. The number of carbonyl (C=O) groups excluding carboxylic acids is 1. The fourth-order valence-corrected chi connectivity index (χ4v) is 2.15. The number of rotatable bonds is 3. The van der Waals surface area contributed by atoms with Gasteiger partial charge in [-0.2, -0.15) is 13.2 Å². The van der Waals surface area contributed by atoms with Crippen LogP contribution in [0, 0.1) is 0 Å². The molecular weight excluding hydrogens is 291 g/mol. The molecule has 2 N–H and O–H groups in total. The zero-order valence-electron chi connectivity index (χ0n) is 10.1. The zero-order chi connectivity index (χ0) is 14.8. The van der Waals surface area contributed by atoms with E-state index in [2.05, 4.69) is 0 Å². The van der Waals surface area contributed by atoms with Crippen LogP contribution in [0.25, 0.3) is 0 Å². The molecular formula is C13H10F3NO2S. The quantitative estimate of drug-likeness (QED) is 0.694. The molecule has 106 valence electrons. The minimum Gasteiger partial charge on any atom is -0.456 e. The molecule has 2 rings (SSSR count). The zero-order valence-corrected chi connectivity index (χ0v) is 10.9. The van der Waals surface area contributed by atoms with Crippen LogP contribution < -0.4 is 5.73 Å². The summed E-state index contributed by atoms with van der Waals surface area (Å²) in [6, 6.07) is 6.14. The first kappa shape index (κ1) is 14.4. The minimum absolute atomic E-state index is 0.0664. The number of nitrogens with two attached hydrogens (primary N) is 1. The van der Waals surface area contributed by atoms with Crippen LogP contribution in [0.15, 0.2) is 35.7 Å². The molecule has 0 bridgehead atoms. The molecule has 0 aliphatic heterocycles. The fourth-order valence-electron chi connectivity index (χ4n) is 1.53. The maximum atomic E-state index is 12.5. The average Bonchev–Trinajstić information content (AvgIpc) is 2.87. The van der Waals surface area contributed by atoms with Gasteiger partial charge in [0.25, 0.3) is 0 Å². The van der Waals surface area contributed by atoms with Crippen molar-refractivity contribution < 1.29 is 22.7 Å². The molecule has 1 heterocycles. The van der Waals surface area contributed by atoms with Crippen molar-refractivity contribution in [3.63, 3.8) is 0 Å². The molecule has 3 nitrogen and oxygen atoms in total. The Kier molecular flexibility index (Phi) is 3.99. The molecule has 0 fully saturated rings. The normalized spacial score (nSPS) is 11.3. The Labute approximate surface area is 116 Å². The molecule has 1 aromatic heterocycles. The minimum atomic E-state index is -4.49. The first-order valence-electron chi connectivity index (χ1n) is 5.54. The molecule has 1 aromatic carbocycles. The van der Waals surface area contributed by atoms with Gasteiger partial charge in [0.2, 0.25) is 0 Å². The number of halogens is 3. The van der Waals surface area contributed by atoms with Crippen LogP contribution in [0.5, 0.6) is 0 Å². The predicted octanol–water partition coefficient (Wildman–Crippen LogP) is 3.71. The summed E-state index contributed by atoms with van der Waals surface area (Å²) in [4.78, 5) is 12.6. The Hall–Kier alpha value is -2.02. The summed E-state index contributed by atoms with van der Waals surface area (Å²) < 4.78 is 42.4. The monoisotopic (exact) mass is 301 g/mol. The van der Waals surface area contributed by atoms with Gasteiger partial charge in [-0.3, -0.25) is 0 Å². The molecule has 0 aliphatic rings. The smallest absolute Gasteiger partial charge is 0.416 e. The topological polar surface area (TPSA) is 52.3 Å². The van der Waals surface area contributed by atoms with E-state index >= 15 is 0 Å². The molecule has 0 saturated carbocycles. The van der Waals surface area contributed by atoms with Gasteiger partial charge in [-0.05, 0) is 29.6 Å². The number of thiophene rings is 1. The Bertz CT molecular complexity index is 609. The summed E-state index contributed by atoms with van der Waals surface area (Å²) in [5.74, 6) is -0.746. The van der Waals surface area contributed by atoms with Crippen LogP contribution in [0.1, 0.15) is 20.8 Å². The number of alkyl halides is 3. The number of hydrogen-bond donors (Lipinski definition) is 1. The average molecular weight is 301 g/mol. The summed E-state index contributed by atoms with van der Waals surface area (Å²) in [6.07, 6.45) is -4.49. The summed E-state index contributed by atoms with van der Waals surface area (Å²) in [5, 5.41) is 1.83. The van der Waals surface area contributed by atoms with Crippen molar-refractivity contribution in [1.82, 2.24) is 0 Å². The van der Waals surface area contributed by atoms with Gasteiger partial charge in [0.15, 0.2) is 0 Å². The van der Waals surface area contributed by atoms with Crippen molar-refractivity contribution in [3.8, 4) is 0 Å². The van der Waals surface area contributed by atoms with Crippen LogP contribution >= 0.6 is 11.3 Å². The van der Waals surface area contributed by atoms with Gasteiger partial charge in [0.05, 0.1) is 11.1 Å². The highest BCUT2D eigenvalue weighted by molar-refractivity contribution is 7.09. The number of hydrogen-bond acceptors (Lipinski definition) is 4. The molecule has 0 aliphatic carbocycles. The van der Waals surface area contributed by atoms with Crippen molar-refractivity contribution in [2.24, 2.45) is 0 Å². The van der Waals surface area contributed by atoms with Gasteiger partial charge >= 0.3 is 12.1 Å². The fraction of sp³-hybridized carbons (Fsp3) is 0.154. The third kappa shape index (κ3) is 3.30. The van der Waals surface area contributed by atoms with Gasteiger partial charge in [0, 0.05) is 10.6 Å². The van der Waals surface area contributed by atoms with Gasteiger partial charge < -0.3 is 10.5 Å². The summed E-state index contributed by atoms with van der Waals surface area (Å²) in [7, 11) is 0. The van der Waals surface area contributed by atoms with E-state index in [-0.39, 0.29) is 17.9 Å². The number of carbonyl (C=O) groups is 1. The van der Waals surface area contributed by atoms with E-state index < -0.39 is 17.7 Å². The second-order valence-corrected chi connectivity index (χ2v) is 4.99. The van der Waals surface area contributed by atoms with Crippen molar-refractivity contribution in [3.05, 3.63) is 51.7 Å². The lowest BCUT2D eigenvalue weighted by Crippen LogP contribution is -2.11. The van der Waals surface area contributed by atoms with Crippen molar-refractivity contribution in [1.29, 1.82) is 0 Å². The summed E-state index contributed by atoms with van der Waals surface area (Å²) in [6.45, 7) is 0.0664. The maximum absolute atomic E-state index is 12.5. The van der Waals surface area contributed by atoms with Gasteiger partial charge in [-0.15, -0.1) is 11.3 Å². The highest BCUT2D eigenvalue weighted by Gasteiger charge is 2.31. The van der Waals surface area contributed by atoms with E-state index in [0.717, 1.165) is 23.1 Å². The Morgan fingerprint density at radius 3 is 2.60 bits per heavy atom. The van der Waals surface area contributed by atoms with Crippen LogP contribution in [-0.2, 0) is 17.5 Å². The predicted molar refractivity (Wildman–Crippen MR) is 69.3 cm³/mol. The van der Waals surface area contributed by atoms with E-state index in [9.17, 15) is 18.0 Å². The molecule has 2 aromatic rings. The number of esters is 1. The summed E-state index contributed by atoms with van der Waals surface area (Å²) >= 11 is 1.41. The number of ether oxygens (including phenoxy) is 1.